The first-order valence-corrected chi connectivity index (χ1v) is 9.77. The van der Waals surface area contributed by atoms with Gasteiger partial charge in [-0.05, 0) is 24.3 Å². The van der Waals surface area contributed by atoms with Gasteiger partial charge in [-0.15, -0.1) is 0 Å². The quantitative estimate of drug-likeness (QED) is 0.677. The second-order valence-corrected chi connectivity index (χ2v) is 7.41. The van der Waals surface area contributed by atoms with E-state index in [9.17, 15) is 23.1 Å². The summed E-state index contributed by atoms with van der Waals surface area (Å²) in [6.07, 6.45) is -5.41. The highest BCUT2D eigenvalue weighted by Gasteiger charge is 2.29. The molecule has 2 N–H and O–H groups in total. The van der Waals surface area contributed by atoms with Crippen LogP contribution in [0.3, 0.4) is 0 Å². The van der Waals surface area contributed by atoms with Crippen molar-refractivity contribution in [3.63, 3.8) is 0 Å². The first kappa shape index (κ1) is 25.1. The van der Waals surface area contributed by atoms with Crippen LogP contribution in [0.15, 0.2) is 34.1 Å². The maximum atomic E-state index is 11.2. The number of alkyl halides is 3. The molecule has 0 amide bonds. The second kappa shape index (κ2) is 10.0. The van der Waals surface area contributed by atoms with Gasteiger partial charge >= 0.3 is 6.18 Å². The normalized spacial score (nSPS) is 12.2. The molecule has 1 aliphatic rings. The molecular weight excluding hydrogens is 453 g/mol. The van der Waals surface area contributed by atoms with Gasteiger partial charge in [0.2, 0.25) is 0 Å². The van der Waals surface area contributed by atoms with Crippen LogP contribution in [0, 0.1) is 0 Å². The van der Waals surface area contributed by atoms with Gasteiger partial charge in [-0.2, -0.15) is 13.2 Å². The number of rotatable bonds is 5. The molecule has 0 radical (unpaired) electrons. The van der Waals surface area contributed by atoms with E-state index in [1.165, 1.54) is 18.9 Å². The topological polar surface area (TPSA) is 128 Å². The van der Waals surface area contributed by atoms with E-state index in [2.05, 4.69) is 0 Å². The highest BCUT2D eigenvalue weighted by molar-refractivity contribution is 7.99. The van der Waals surface area contributed by atoms with Gasteiger partial charge in [0.25, 0.3) is 0 Å². The van der Waals surface area contributed by atoms with Crippen LogP contribution in [0.1, 0.15) is 11.1 Å². The highest BCUT2D eigenvalue weighted by atomic mass is 32.2. The summed E-state index contributed by atoms with van der Waals surface area (Å²) in [6, 6.07) is 7.59. The summed E-state index contributed by atoms with van der Waals surface area (Å²) >= 11 is 1.49. The number of benzene rings is 2. The van der Waals surface area contributed by atoms with Crippen LogP contribution in [0.4, 0.5) is 24.5 Å². The molecule has 0 spiro atoms. The molecule has 2 aromatic rings. The molecule has 1 heterocycles. The van der Waals surface area contributed by atoms with Gasteiger partial charge in [-0.3, -0.25) is 0 Å². The minimum atomic E-state index is -5.19. The molecule has 12 heteroatoms. The van der Waals surface area contributed by atoms with Crippen LogP contribution < -0.4 is 30.3 Å². The number of aliphatic carboxylic acids is 2. The SMILES string of the molecule is COc1ccc2c(c1CN)Sc1c(ccc(OC)c1CC(=O)[O-])N2C.O=C([O-])C(F)(F)F. The first-order chi connectivity index (χ1) is 15.0. The van der Waals surface area contributed by atoms with E-state index in [4.69, 9.17) is 25.1 Å². The number of hydrogen-bond donors (Lipinski definition) is 1. The van der Waals surface area contributed by atoms with Crippen molar-refractivity contribution in [1.29, 1.82) is 0 Å². The summed E-state index contributed by atoms with van der Waals surface area (Å²) in [5.74, 6) is -2.91. The number of carboxylic acid groups (broad SMARTS) is 2. The Morgan fingerprint density at radius 3 is 1.81 bits per heavy atom. The Bertz CT molecular complexity index is 1030. The van der Waals surface area contributed by atoms with E-state index in [0.717, 1.165) is 32.5 Å². The zero-order chi connectivity index (χ0) is 24.2. The van der Waals surface area contributed by atoms with Crippen molar-refractivity contribution in [3.05, 3.63) is 35.4 Å². The number of ether oxygens (including phenoxy) is 2. The number of nitrogens with zero attached hydrogens (tertiary/aromatic N) is 1. The monoisotopic (exact) mass is 472 g/mol. The minimum absolute atomic E-state index is 0.218. The van der Waals surface area contributed by atoms with Crippen molar-refractivity contribution in [2.24, 2.45) is 5.73 Å². The third-order valence-electron chi connectivity index (χ3n) is 4.52. The van der Waals surface area contributed by atoms with Crippen molar-refractivity contribution in [2.75, 3.05) is 26.2 Å². The average Bonchev–Trinajstić information content (AvgIpc) is 2.73. The van der Waals surface area contributed by atoms with Gasteiger partial charge in [-0.1, -0.05) is 11.8 Å². The molecule has 1 aliphatic heterocycles. The number of hydrogen-bond acceptors (Lipinski definition) is 9. The van der Waals surface area contributed by atoms with E-state index in [1.54, 1.807) is 13.2 Å². The average molecular weight is 472 g/mol. The van der Waals surface area contributed by atoms with Crippen molar-refractivity contribution in [1.82, 2.24) is 0 Å². The van der Waals surface area contributed by atoms with Gasteiger partial charge in [0, 0.05) is 46.9 Å². The molecule has 0 aromatic heterocycles. The molecule has 0 saturated carbocycles. The highest BCUT2D eigenvalue weighted by Crippen LogP contribution is 2.53. The van der Waals surface area contributed by atoms with Gasteiger partial charge in [0.15, 0.2) is 0 Å². The van der Waals surface area contributed by atoms with E-state index < -0.39 is 18.1 Å². The molecule has 0 aliphatic carbocycles. The fraction of sp³-hybridized carbons (Fsp3) is 0.300. The second-order valence-electron chi connectivity index (χ2n) is 6.39. The molecule has 8 nitrogen and oxygen atoms in total. The third kappa shape index (κ3) is 5.19. The third-order valence-corrected chi connectivity index (χ3v) is 5.84. The number of halogens is 3. The molecule has 3 rings (SSSR count). The number of fused-ring (bicyclic) bond motifs is 2. The van der Waals surface area contributed by atoms with Crippen LogP contribution in [0.25, 0.3) is 0 Å². The minimum Gasteiger partial charge on any atom is -0.550 e. The molecule has 0 atom stereocenters. The fourth-order valence-electron chi connectivity index (χ4n) is 3.07. The molecular formula is C20H19F3N2O6S-2. The first-order valence-electron chi connectivity index (χ1n) is 8.95. The Kier molecular flexibility index (Phi) is 7.86. The number of nitrogens with two attached hydrogens (primary N) is 1. The van der Waals surface area contributed by atoms with Crippen molar-refractivity contribution < 1.29 is 42.4 Å². The summed E-state index contributed by atoms with van der Waals surface area (Å²) in [7, 11) is 5.08. The predicted molar refractivity (Wildman–Crippen MR) is 106 cm³/mol. The predicted octanol–water partition coefficient (Wildman–Crippen LogP) is 0.986. The smallest absolute Gasteiger partial charge is 0.430 e. The summed E-state index contributed by atoms with van der Waals surface area (Å²) in [4.78, 5) is 23.9. The molecule has 0 bridgehead atoms. The Balaban J connectivity index is 0.000000451. The number of carboxylic acids is 2. The van der Waals surface area contributed by atoms with Crippen molar-refractivity contribution in [2.45, 2.75) is 28.9 Å². The fourth-order valence-corrected chi connectivity index (χ4v) is 4.50. The van der Waals surface area contributed by atoms with E-state index in [-0.39, 0.29) is 6.42 Å². The van der Waals surface area contributed by atoms with E-state index >= 15 is 0 Å². The molecule has 0 unspecified atom stereocenters. The molecule has 174 valence electrons. The summed E-state index contributed by atoms with van der Waals surface area (Å²) in [5, 5.41) is 20.0. The number of methoxy groups -OCH3 is 2. The van der Waals surface area contributed by atoms with Crippen LogP contribution >= 0.6 is 11.8 Å². The van der Waals surface area contributed by atoms with Crippen molar-refractivity contribution in [3.8, 4) is 11.5 Å². The molecule has 32 heavy (non-hydrogen) atoms. The lowest BCUT2D eigenvalue weighted by molar-refractivity contribution is -0.344. The summed E-state index contributed by atoms with van der Waals surface area (Å²) < 4.78 is 42.3. The zero-order valence-electron chi connectivity index (χ0n) is 17.2. The molecule has 0 saturated heterocycles. The number of anilines is 2. The van der Waals surface area contributed by atoms with E-state index in [1.807, 2.05) is 30.1 Å². The standard InChI is InChI=1S/C18H20N2O4S.C2HF3O2/c1-20-12-4-6-14(23-2)10(8-16(21)22)17(12)25-18-11(9-19)15(24-3)7-5-13(18)20;3-2(4,5)1(6)7/h4-7H,8-9,19H2,1-3H3,(H,21,22);(H,6,7)/p-2. The lowest BCUT2D eigenvalue weighted by Gasteiger charge is -2.33. The Morgan fingerprint density at radius 1 is 1.00 bits per heavy atom. The van der Waals surface area contributed by atoms with Crippen molar-refractivity contribution >= 4 is 35.1 Å². The Labute approximate surface area is 185 Å². The molecule has 0 fully saturated rings. The van der Waals surface area contributed by atoms with Crippen LogP contribution in [0.2, 0.25) is 0 Å². The molecule has 2 aromatic carbocycles. The van der Waals surface area contributed by atoms with E-state index in [0.29, 0.717) is 17.9 Å². The lowest BCUT2D eigenvalue weighted by atomic mass is 10.1. The van der Waals surface area contributed by atoms with Crippen LogP contribution in [0.5, 0.6) is 11.5 Å². The Hall–Kier alpha value is -3.12. The van der Waals surface area contributed by atoms with Gasteiger partial charge < -0.3 is 39.9 Å². The Morgan fingerprint density at radius 2 is 1.44 bits per heavy atom. The van der Waals surface area contributed by atoms with Gasteiger partial charge in [-0.25, -0.2) is 0 Å². The maximum absolute atomic E-state index is 11.2. The van der Waals surface area contributed by atoms with Gasteiger partial charge in [0.05, 0.1) is 25.6 Å². The number of carbonyl (C=O) groups excluding carboxylic acids is 2. The number of carbonyl (C=O) groups is 2. The van der Waals surface area contributed by atoms with Crippen LogP contribution in [-0.2, 0) is 22.6 Å². The van der Waals surface area contributed by atoms with Crippen LogP contribution in [-0.4, -0.2) is 39.4 Å². The maximum Gasteiger partial charge on any atom is 0.430 e. The zero-order valence-corrected chi connectivity index (χ0v) is 18.1. The summed E-state index contributed by atoms with van der Waals surface area (Å²) in [6.45, 7) is 0.322. The largest absolute Gasteiger partial charge is 0.550 e. The van der Waals surface area contributed by atoms with Gasteiger partial charge in [0.1, 0.15) is 17.5 Å². The lowest BCUT2D eigenvalue weighted by Crippen LogP contribution is -2.37. The summed E-state index contributed by atoms with van der Waals surface area (Å²) in [5.41, 5.74) is 9.37.